The summed E-state index contributed by atoms with van der Waals surface area (Å²) in [5.74, 6) is -2.65. The fourth-order valence-electron chi connectivity index (χ4n) is 1.82. The maximum atomic E-state index is 12.2. The number of carboxylic acid groups (broad SMARTS) is 2. The average molecular weight is 388 g/mol. The van der Waals surface area contributed by atoms with Crippen molar-refractivity contribution in [1.29, 1.82) is 0 Å². The van der Waals surface area contributed by atoms with Crippen LogP contribution in [0.15, 0.2) is 23.1 Å². The first-order chi connectivity index (χ1) is 11.3. The summed E-state index contributed by atoms with van der Waals surface area (Å²) in [6.45, 7) is -1.08. The van der Waals surface area contributed by atoms with Gasteiger partial charge in [-0.15, -0.1) is 0 Å². The molecule has 24 heavy (non-hydrogen) atoms. The Morgan fingerprint density at radius 3 is 2.67 bits per heavy atom. The van der Waals surface area contributed by atoms with E-state index in [9.17, 15) is 14.4 Å². The number of halogens is 1. The number of thiocarbonyl (C=S) groups is 1. The lowest BCUT2D eigenvalue weighted by atomic mass is 10.2. The Balaban J connectivity index is 2.32. The number of nitrogens with zero attached hydrogens (tertiary/aromatic N) is 1. The number of hydrogen-bond acceptors (Lipinski definition) is 6. The summed E-state index contributed by atoms with van der Waals surface area (Å²) >= 11 is 11.9. The molecule has 1 saturated heterocycles. The standard InChI is InChI=1S/C14H10ClNO6S2/c15-8-1-2-9(22-6-12(19)20)7(3-8)4-10-13(21)16(5-11(17)18)14(23)24-10/h1-4H,5-6H2,(H,17,18)(H,19,20)/b10-4-. The molecule has 0 aliphatic carbocycles. The normalized spacial score (nSPS) is 15.9. The van der Waals surface area contributed by atoms with E-state index in [1.165, 1.54) is 24.3 Å². The van der Waals surface area contributed by atoms with Crippen molar-refractivity contribution in [3.63, 3.8) is 0 Å². The Kier molecular flexibility index (Phi) is 5.81. The fourth-order valence-corrected chi connectivity index (χ4v) is 3.24. The highest BCUT2D eigenvalue weighted by atomic mass is 35.5. The molecule has 1 aromatic rings. The van der Waals surface area contributed by atoms with Crippen LogP contribution in [-0.4, -0.2) is 50.4 Å². The van der Waals surface area contributed by atoms with E-state index in [2.05, 4.69) is 0 Å². The van der Waals surface area contributed by atoms with Gasteiger partial charge in [0.2, 0.25) is 0 Å². The molecule has 1 aliphatic rings. The van der Waals surface area contributed by atoms with Gasteiger partial charge in [-0.25, -0.2) is 4.79 Å². The van der Waals surface area contributed by atoms with Crippen molar-refractivity contribution in [3.8, 4) is 5.75 Å². The second-order valence-corrected chi connectivity index (χ2v) is 6.64. The summed E-state index contributed by atoms with van der Waals surface area (Å²) in [6, 6.07) is 4.50. The minimum absolute atomic E-state index is 0.128. The smallest absolute Gasteiger partial charge is 0.341 e. The Bertz CT molecular complexity index is 764. The lowest BCUT2D eigenvalue weighted by Gasteiger charge is -2.10. The molecule has 7 nitrogen and oxygen atoms in total. The van der Waals surface area contributed by atoms with Gasteiger partial charge in [0, 0.05) is 10.6 Å². The van der Waals surface area contributed by atoms with E-state index in [-0.39, 0.29) is 15.0 Å². The van der Waals surface area contributed by atoms with Gasteiger partial charge in [0.25, 0.3) is 5.91 Å². The number of ether oxygens (including phenoxy) is 1. The van der Waals surface area contributed by atoms with Crippen LogP contribution in [0.25, 0.3) is 6.08 Å². The predicted octanol–water partition coefficient (Wildman–Crippen LogP) is 2.09. The Morgan fingerprint density at radius 1 is 1.33 bits per heavy atom. The molecule has 0 saturated carbocycles. The quantitative estimate of drug-likeness (QED) is 0.564. The molecule has 0 radical (unpaired) electrons. The van der Waals surface area contributed by atoms with Gasteiger partial charge in [-0.3, -0.25) is 14.5 Å². The van der Waals surface area contributed by atoms with E-state index in [4.69, 9.17) is 38.8 Å². The van der Waals surface area contributed by atoms with Crippen molar-refractivity contribution in [2.45, 2.75) is 0 Å². The number of carboxylic acids is 2. The maximum absolute atomic E-state index is 12.2. The van der Waals surface area contributed by atoms with E-state index in [1.54, 1.807) is 0 Å². The van der Waals surface area contributed by atoms with Crippen LogP contribution in [0.3, 0.4) is 0 Å². The van der Waals surface area contributed by atoms with Crippen molar-refractivity contribution < 1.29 is 29.3 Å². The Labute approximate surface area is 150 Å². The van der Waals surface area contributed by atoms with Crippen molar-refractivity contribution in [2.24, 2.45) is 0 Å². The van der Waals surface area contributed by atoms with Crippen LogP contribution in [0.2, 0.25) is 5.02 Å². The molecule has 1 fully saturated rings. The summed E-state index contributed by atoms with van der Waals surface area (Å²) in [4.78, 5) is 34.8. The minimum Gasteiger partial charge on any atom is -0.481 e. The monoisotopic (exact) mass is 387 g/mol. The van der Waals surface area contributed by atoms with Gasteiger partial charge in [-0.05, 0) is 24.3 Å². The number of carbonyl (C=O) groups excluding carboxylic acids is 1. The van der Waals surface area contributed by atoms with Gasteiger partial charge in [-0.1, -0.05) is 35.6 Å². The molecule has 1 amide bonds. The second kappa shape index (κ2) is 7.65. The minimum atomic E-state index is -1.18. The lowest BCUT2D eigenvalue weighted by Crippen LogP contribution is -2.33. The molecule has 2 rings (SSSR count). The predicted molar refractivity (Wildman–Crippen MR) is 92.1 cm³/mol. The number of benzene rings is 1. The largest absolute Gasteiger partial charge is 0.481 e. The second-order valence-electron chi connectivity index (χ2n) is 4.53. The molecule has 126 valence electrons. The van der Waals surface area contributed by atoms with E-state index < -0.39 is 31.0 Å². The highest BCUT2D eigenvalue weighted by molar-refractivity contribution is 8.26. The van der Waals surface area contributed by atoms with Crippen LogP contribution in [0.4, 0.5) is 0 Å². The Hall–Kier alpha value is -2.10. The summed E-state index contributed by atoms with van der Waals surface area (Å²) in [6.07, 6.45) is 1.43. The maximum Gasteiger partial charge on any atom is 0.341 e. The van der Waals surface area contributed by atoms with Gasteiger partial charge >= 0.3 is 11.9 Å². The van der Waals surface area contributed by atoms with Crippen LogP contribution >= 0.6 is 35.6 Å². The molecule has 1 aliphatic heterocycles. The van der Waals surface area contributed by atoms with Gasteiger partial charge in [0.1, 0.15) is 16.6 Å². The first-order valence-electron chi connectivity index (χ1n) is 6.39. The van der Waals surface area contributed by atoms with E-state index in [1.807, 2.05) is 0 Å². The number of thioether (sulfide) groups is 1. The van der Waals surface area contributed by atoms with Crippen LogP contribution in [0, 0.1) is 0 Å². The van der Waals surface area contributed by atoms with Crippen LogP contribution in [0.1, 0.15) is 5.56 Å². The third-order valence-electron chi connectivity index (χ3n) is 2.78. The molecule has 1 aromatic carbocycles. The van der Waals surface area contributed by atoms with Gasteiger partial charge in [0.15, 0.2) is 6.61 Å². The molecule has 0 bridgehead atoms. The zero-order valence-electron chi connectivity index (χ0n) is 11.9. The first kappa shape index (κ1) is 18.2. The molecule has 0 spiro atoms. The summed E-state index contributed by atoms with van der Waals surface area (Å²) in [5.41, 5.74) is 0.388. The fraction of sp³-hybridized carbons (Fsp3) is 0.143. The summed E-state index contributed by atoms with van der Waals surface area (Å²) < 4.78 is 5.28. The highest BCUT2D eigenvalue weighted by Gasteiger charge is 2.33. The zero-order chi connectivity index (χ0) is 17.9. The van der Waals surface area contributed by atoms with E-state index >= 15 is 0 Å². The highest BCUT2D eigenvalue weighted by Crippen LogP contribution is 2.34. The lowest BCUT2D eigenvalue weighted by molar-refractivity contribution is -0.140. The summed E-state index contributed by atoms with van der Waals surface area (Å²) in [7, 11) is 0. The number of hydrogen-bond donors (Lipinski definition) is 2. The number of amides is 1. The average Bonchev–Trinajstić information content (AvgIpc) is 2.73. The molecule has 2 N–H and O–H groups in total. The molecule has 0 atom stereocenters. The molecular formula is C14H10ClNO6S2. The number of carbonyl (C=O) groups is 3. The van der Waals surface area contributed by atoms with Crippen molar-refractivity contribution >= 4 is 63.8 Å². The number of rotatable bonds is 6. The van der Waals surface area contributed by atoms with Crippen LogP contribution in [-0.2, 0) is 14.4 Å². The van der Waals surface area contributed by atoms with Gasteiger partial charge < -0.3 is 14.9 Å². The van der Waals surface area contributed by atoms with Gasteiger partial charge in [0.05, 0.1) is 4.91 Å². The van der Waals surface area contributed by atoms with E-state index in [0.717, 1.165) is 16.7 Å². The van der Waals surface area contributed by atoms with Gasteiger partial charge in [-0.2, -0.15) is 0 Å². The third-order valence-corrected chi connectivity index (χ3v) is 4.39. The molecule has 0 unspecified atom stereocenters. The first-order valence-corrected chi connectivity index (χ1v) is 7.99. The molecule has 10 heteroatoms. The Morgan fingerprint density at radius 2 is 2.04 bits per heavy atom. The molecule has 0 aromatic heterocycles. The SMILES string of the molecule is O=C(O)COc1ccc(Cl)cc1/C=C1\SC(=S)N(CC(=O)O)C1=O. The zero-order valence-corrected chi connectivity index (χ0v) is 14.3. The third kappa shape index (κ3) is 4.47. The van der Waals surface area contributed by atoms with E-state index in [0.29, 0.717) is 10.6 Å². The van der Waals surface area contributed by atoms with Crippen LogP contribution in [0.5, 0.6) is 5.75 Å². The van der Waals surface area contributed by atoms with Crippen molar-refractivity contribution in [2.75, 3.05) is 13.2 Å². The molecule has 1 heterocycles. The van der Waals surface area contributed by atoms with Crippen molar-refractivity contribution in [3.05, 3.63) is 33.7 Å². The molecular weight excluding hydrogens is 378 g/mol. The van der Waals surface area contributed by atoms with Crippen molar-refractivity contribution in [1.82, 2.24) is 4.90 Å². The van der Waals surface area contributed by atoms with Crippen LogP contribution < -0.4 is 4.74 Å². The topological polar surface area (TPSA) is 104 Å². The summed E-state index contributed by atoms with van der Waals surface area (Å²) in [5, 5.41) is 17.9. The number of aliphatic carboxylic acids is 2.